The van der Waals surface area contributed by atoms with Gasteiger partial charge in [-0.15, -0.1) is 0 Å². The number of hydrogen-bond donors (Lipinski definition) is 1. The molecule has 258 valence electrons. The lowest BCUT2D eigenvalue weighted by atomic mass is 9.94. The Balaban J connectivity index is 1.12. The summed E-state index contributed by atoms with van der Waals surface area (Å²) in [6, 6.07) is 19.3. The predicted molar refractivity (Wildman–Crippen MR) is 189 cm³/mol. The Bertz CT molecular complexity index is 1880. The lowest BCUT2D eigenvalue weighted by Gasteiger charge is -2.37. The monoisotopic (exact) mass is 680 g/mol. The van der Waals surface area contributed by atoms with E-state index in [1.54, 1.807) is 30.3 Å². The van der Waals surface area contributed by atoms with E-state index in [1.165, 1.54) is 4.90 Å². The van der Waals surface area contributed by atoms with Gasteiger partial charge in [0, 0.05) is 74.1 Å². The Morgan fingerprint density at radius 2 is 1.86 bits per heavy atom. The molecule has 0 radical (unpaired) electrons. The number of pyridine rings is 1. The molecule has 0 saturated heterocycles. The summed E-state index contributed by atoms with van der Waals surface area (Å²) >= 11 is 0. The van der Waals surface area contributed by atoms with Crippen LogP contribution in [0.4, 0.5) is 18.9 Å². The van der Waals surface area contributed by atoms with Crippen LogP contribution < -0.4 is 5.32 Å². The smallest absolute Gasteiger partial charge is 0.340 e. The van der Waals surface area contributed by atoms with E-state index in [4.69, 9.17) is 4.99 Å². The minimum absolute atomic E-state index is 0.0404. The van der Waals surface area contributed by atoms with E-state index in [0.717, 1.165) is 45.8 Å². The number of rotatable bonds is 10. The Morgan fingerprint density at radius 1 is 1.06 bits per heavy atom. The van der Waals surface area contributed by atoms with E-state index in [9.17, 15) is 22.8 Å². The highest BCUT2D eigenvalue weighted by Gasteiger charge is 2.32. The molecule has 3 aliphatic rings. The first-order valence-electron chi connectivity index (χ1n) is 16.7. The number of carbonyl (C=O) groups excluding carboxylic acids is 2. The number of hydrogen-bond acceptors (Lipinski definition) is 6. The molecule has 4 heterocycles. The van der Waals surface area contributed by atoms with Gasteiger partial charge >= 0.3 is 6.18 Å². The average Bonchev–Trinajstić information content (AvgIpc) is 3.13. The van der Waals surface area contributed by atoms with Crippen molar-refractivity contribution in [3.8, 4) is 11.1 Å². The first kappa shape index (κ1) is 34.4. The molecule has 3 aromatic rings. The first-order valence-corrected chi connectivity index (χ1v) is 16.7. The molecule has 0 bridgehead atoms. The molecule has 1 unspecified atom stereocenters. The van der Waals surface area contributed by atoms with E-state index in [-0.39, 0.29) is 18.5 Å². The van der Waals surface area contributed by atoms with Crippen LogP contribution in [0.3, 0.4) is 0 Å². The molecule has 50 heavy (non-hydrogen) atoms. The van der Waals surface area contributed by atoms with Gasteiger partial charge in [-0.1, -0.05) is 43.3 Å². The standard InChI is InChI=1S/C39H39F3N6O2/c1-3-32-24-35(45-37-34(11-7-21-48(32)37)27-17-22-47(23-18-27)36(49)16-19-39(40,41)42)44-31-14-12-28(13-15-31)38(50)46(2)26-30-8-4-5-10-33(30)29-9-6-20-43-25-29/h4-15,17,20-21,24-25,32,44H,3,16,18-19,22-23,26H2,1-2H3. The molecule has 1 atom stereocenters. The van der Waals surface area contributed by atoms with Gasteiger partial charge in [-0.25, -0.2) is 4.99 Å². The van der Waals surface area contributed by atoms with E-state index < -0.39 is 24.9 Å². The largest absolute Gasteiger partial charge is 0.389 e. The minimum atomic E-state index is -4.35. The van der Waals surface area contributed by atoms with Crippen molar-refractivity contribution in [2.75, 3.05) is 25.5 Å². The van der Waals surface area contributed by atoms with Crippen molar-refractivity contribution in [2.45, 2.75) is 51.4 Å². The Morgan fingerprint density at radius 3 is 2.56 bits per heavy atom. The van der Waals surface area contributed by atoms with Crippen LogP contribution >= 0.6 is 0 Å². The second-order valence-electron chi connectivity index (χ2n) is 12.5. The van der Waals surface area contributed by atoms with Crippen LogP contribution in [0, 0.1) is 0 Å². The highest BCUT2D eigenvalue weighted by Crippen LogP contribution is 2.31. The number of allylic oxidation sites excluding steroid dienone is 2. The summed E-state index contributed by atoms with van der Waals surface area (Å²) in [6.45, 7) is 3.16. The number of amidine groups is 1. The van der Waals surface area contributed by atoms with Crippen molar-refractivity contribution < 1.29 is 22.8 Å². The van der Waals surface area contributed by atoms with E-state index in [0.29, 0.717) is 30.9 Å². The van der Waals surface area contributed by atoms with Crippen molar-refractivity contribution in [3.05, 3.63) is 132 Å². The number of aliphatic imine (C=N–C) groups is 1. The summed E-state index contributed by atoms with van der Waals surface area (Å²) in [4.78, 5) is 40.3. The van der Waals surface area contributed by atoms with E-state index in [2.05, 4.69) is 28.2 Å². The normalized spacial score (nSPS) is 17.3. The number of aromatic nitrogens is 1. The topological polar surface area (TPSA) is 81.1 Å². The van der Waals surface area contributed by atoms with E-state index >= 15 is 0 Å². The number of nitrogens with zero attached hydrogens (tertiary/aromatic N) is 5. The fourth-order valence-corrected chi connectivity index (χ4v) is 6.35. The third kappa shape index (κ3) is 8.05. The maximum absolute atomic E-state index is 13.4. The van der Waals surface area contributed by atoms with Gasteiger partial charge < -0.3 is 20.0 Å². The van der Waals surface area contributed by atoms with Crippen molar-refractivity contribution in [1.29, 1.82) is 0 Å². The van der Waals surface area contributed by atoms with Crippen molar-refractivity contribution in [2.24, 2.45) is 4.99 Å². The molecule has 2 amide bonds. The number of carbonyl (C=O) groups is 2. The summed E-state index contributed by atoms with van der Waals surface area (Å²) < 4.78 is 37.9. The fraction of sp³-hybridized carbons (Fsp3) is 0.282. The number of benzene rings is 2. The second kappa shape index (κ2) is 15.0. The molecule has 0 fully saturated rings. The number of alkyl halides is 3. The maximum Gasteiger partial charge on any atom is 0.389 e. The molecule has 0 saturated carbocycles. The molecule has 2 aromatic carbocycles. The first-order chi connectivity index (χ1) is 24.1. The number of nitrogens with one attached hydrogen (secondary N) is 1. The van der Waals surface area contributed by atoms with Gasteiger partial charge in [-0.3, -0.25) is 14.6 Å². The highest BCUT2D eigenvalue weighted by atomic mass is 19.4. The average molecular weight is 681 g/mol. The fourth-order valence-electron chi connectivity index (χ4n) is 6.35. The molecule has 8 nitrogen and oxygen atoms in total. The van der Waals surface area contributed by atoms with Gasteiger partial charge in [0.15, 0.2) is 0 Å². The molecule has 1 aromatic heterocycles. The van der Waals surface area contributed by atoms with Crippen LogP contribution in [-0.2, 0) is 11.3 Å². The summed E-state index contributed by atoms with van der Waals surface area (Å²) in [5.41, 5.74) is 6.34. The lowest BCUT2D eigenvalue weighted by Crippen LogP contribution is -2.41. The molecule has 0 spiro atoms. The predicted octanol–water partition coefficient (Wildman–Crippen LogP) is 7.72. The summed E-state index contributed by atoms with van der Waals surface area (Å²) in [5, 5.41) is 3.41. The third-order valence-electron chi connectivity index (χ3n) is 9.03. The van der Waals surface area contributed by atoms with Crippen LogP contribution in [0.15, 0.2) is 126 Å². The van der Waals surface area contributed by atoms with Crippen LogP contribution in [0.5, 0.6) is 0 Å². The molecule has 3 aliphatic heterocycles. The van der Waals surface area contributed by atoms with Gasteiger partial charge in [-0.2, -0.15) is 13.2 Å². The highest BCUT2D eigenvalue weighted by molar-refractivity contribution is 6.05. The summed E-state index contributed by atoms with van der Waals surface area (Å²) in [7, 11) is 1.79. The van der Waals surface area contributed by atoms with Gasteiger partial charge in [0.2, 0.25) is 5.91 Å². The van der Waals surface area contributed by atoms with Crippen LogP contribution in [0.2, 0.25) is 0 Å². The Labute approximate surface area is 290 Å². The molecule has 1 N–H and O–H groups in total. The number of halogens is 3. The molecule has 11 heteroatoms. The second-order valence-corrected chi connectivity index (χ2v) is 12.5. The van der Waals surface area contributed by atoms with Crippen LogP contribution in [-0.4, -0.2) is 69.7 Å². The van der Waals surface area contributed by atoms with Gasteiger partial charge in [-0.05, 0) is 78.1 Å². The number of fused-ring (bicyclic) bond motifs is 1. The van der Waals surface area contributed by atoms with E-state index in [1.807, 2.05) is 79.2 Å². The zero-order chi connectivity index (χ0) is 35.3. The number of anilines is 1. The Kier molecular flexibility index (Phi) is 10.3. The van der Waals surface area contributed by atoms with Gasteiger partial charge in [0.25, 0.3) is 5.91 Å². The van der Waals surface area contributed by atoms with Gasteiger partial charge in [0.1, 0.15) is 11.7 Å². The maximum atomic E-state index is 13.4. The molecular weight excluding hydrogens is 641 g/mol. The molecule has 0 aliphatic carbocycles. The Hall–Kier alpha value is -5.45. The zero-order valence-electron chi connectivity index (χ0n) is 28.0. The van der Waals surface area contributed by atoms with Gasteiger partial charge in [0.05, 0.1) is 12.5 Å². The lowest BCUT2D eigenvalue weighted by molar-refractivity contribution is -0.148. The quantitative estimate of drug-likeness (QED) is 0.237. The number of amides is 2. The third-order valence-corrected chi connectivity index (χ3v) is 9.03. The van der Waals surface area contributed by atoms with Crippen molar-refractivity contribution >= 4 is 23.3 Å². The zero-order valence-corrected chi connectivity index (χ0v) is 28.0. The summed E-state index contributed by atoms with van der Waals surface area (Å²) in [6.07, 6.45) is 8.83. The summed E-state index contributed by atoms with van der Waals surface area (Å²) in [5.74, 6) is 0.861. The van der Waals surface area contributed by atoms with Crippen molar-refractivity contribution in [3.63, 3.8) is 0 Å². The minimum Gasteiger partial charge on any atom is -0.340 e. The van der Waals surface area contributed by atoms with Crippen LogP contribution in [0.1, 0.15) is 48.5 Å². The van der Waals surface area contributed by atoms with Crippen LogP contribution in [0.25, 0.3) is 11.1 Å². The molecular formula is C39H39F3N6O2. The van der Waals surface area contributed by atoms with Crippen molar-refractivity contribution in [1.82, 2.24) is 19.7 Å². The molecule has 6 rings (SSSR count). The SMILES string of the molecule is CCC1C=C(Nc2ccc(C(=O)N(C)Cc3ccccc3-c3cccnc3)cc2)N=C2C(C3=CCN(C(=O)CCC(F)(F)F)CC3)=CC=CN21.